The molecule has 0 atom stereocenters. The lowest BCUT2D eigenvalue weighted by Gasteiger charge is -2.07. The Labute approximate surface area is 113 Å². The normalized spacial score (nSPS) is 10.7. The Morgan fingerprint density at radius 1 is 1.17 bits per heavy atom. The number of nitrogens with one attached hydrogen (secondary N) is 1. The Hall–Kier alpha value is -1.72. The lowest BCUT2D eigenvalue weighted by molar-refractivity contribution is 1.000. The third-order valence-electron chi connectivity index (χ3n) is 2.56. The van der Waals surface area contributed by atoms with Crippen LogP contribution in [0.15, 0.2) is 35.2 Å². The molecule has 1 N–H and O–H groups in total. The molecule has 0 fully saturated rings. The Kier molecular flexibility index (Phi) is 3.08. The number of rotatable bonds is 3. The number of fused-ring (bicyclic) bond motifs is 1. The van der Waals surface area contributed by atoms with Crippen LogP contribution >= 0.6 is 22.9 Å². The third-order valence-corrected chi connectivity index (χ3v) is 3.48. The average molecular weight is 277 g/mol. The van der Waals surface area contributed by atoms with Gasteiger partial charge in [-0.3, -0.25) is 0 Å². The summed E-state index contributed by atoms with van der Waals surface area (Å²) in [6.45, 7) is 0.629. The summed E-state index contributed by atoms with van der Waals surface area (Å²) in [6, 6.07) is 7.79. The molecule has 0 aliphatic rings. The molecule has 2 heterocycles. The molecule has 1 aromatic carbocycles. The fourth-order valence-corrected chi connectivity index (χ4v) is 2.46. The number of hydrogen-bond donors (Lipinski definition) is 1. The van der Waals surface area contributed by atoms with E-state index in [0.717, 1.165) is 22.3 Å². The predicted molar refractivity (Wildman–Crippen MR) is 74.0 cm³/mol. The second kappa shape index (κ2) is 4.88. The number of nitrogens with zero attached hydrogens (tertiary/aromatic N) is 3. The van der Waals surface area contributed by atoms with Gasteiger partial charge in [0.05, 0.1) is 17.7 Å². The van der Waals surface area contributed by atoms with Gasteiger partial charge in [0, 0.05) is 16.2 Å². The zero-order valence-corrected chi connectivity index (χ0v) is 10.9. The molecule has 0 saturated carbocycles. The zero-order valence-electron chi connectivity index (χ0n) is 9.30. The molecule has 0 aliphatic heterocycles. The highest BCUT2D eigenvalue weighted by Crippen LogP contribution is 2.25. The first kappa shape index (κ1) is 11.4. The minimum Gasteiger partial charge on any atom is -0.362 e. The van der Waals surface area contributed by atoms with Gasteiger partial charge in [0.15, 0.2) is 11.0 Å². The van der Waals surface area contributed by atoms with Gasteiger partial charge in [0.25, 0.3) is 0 Å². The van der Waals surface area contributed by atoms with Crippen molar-refractivity contribution in [3.8, 4) is 0 Å². The van der Waals surface area contributed by atoms with Crippen LogP contribution in [0.3, 0.4) is 0 Å². The molecule has 0 amide bonds. The molecular formula is C12H9ClN4S. The molecule has 2 aromatic heterocycles. The van der Waals surface area contributed by atoms with Crippen LogP contribution in [0.2, 0.25) is 5.15 Å². The summed E-state index contributed by atoms with van der Waals surface area (Å²) >= 11 is 7.59. The second-order valence-electron chi connectivity index (χ2n) is 3.72. The monoisotopic (exact) mass is 276 g/mol. The first-order valence-electron chi connectivity index (χ1n) is 5.36. The minimum atomic E-state index is 0.421. The van der Waals surface area contributed by atoms with E-state index in [1.807, 2.05) is 35.2 Å². The second-order valence-corrected chi connectivity index (χ2v) is 4.80. The highest BCUT2D eigenvalue weighted by molar-refractivity contribution is 7.07. The van der Waals surface area contributed by atoms with Crippen molar-refractivity contribution >= 4 is 39.5 Å². The average Bonchev–Trinajstić information content (AvgIpc) is 2.92. The van der Waals surface area contributed by atoms with Crippen molar-refractivity contribution in [2.24, 2.45) is 0 Å². The van der Waals surface area contributed by atoms with Crippen molar-refractivity contribution in [3.05, 3.63) is 46.0 Å². The highest BCUT2D eigenvalue weighted by atomic mass is 35.5. The Bertz CT molecular complexity index is 669. The van der Waals surface area contributed by atoms with E-state index >= 15 is 0 Å². The summed E-state index contributed by atoms with van der Waals surface area (Å²) < 4.78 is 0. The molecule has 3 aromatic rings. The van der Waals surface area contributed by atoms with Gasteiger partial charge >= 0.3 is 0 Å². The van der Waals surface area contributed by atoms with Gasteiger partial charge in [-0.15, -0.1) is 21.5 Å². The fourth-order valence-electron chi connectivity index (χ4n) is 1.70. The number of thiazole rings is 1. The Balaban J connectivity index is 1.94. The van der Waals surface area contributed by atoms with Crippen molar-refractivity contribution in [2.75, 3.05) is 5.32 Å². The van der Waals surface area contributed by atoms with Gasteiger partial charge in [-0.2, -0.15) is 0 Å². The van der Waals surface area contributed by atoms with E-state index in [2.05, 4.69) is 20.5 Å². The van der Waals surface area contributed by atoms with E-state index in [0.29, 0.717) is 11.7 Å². The molecule has 0 bridgehead atoms. The SMILES string of the molecule is Clc1nnc(NCc2cscn2)c2ccccc12. The maximum absolute atomic E-state index is 6.02. The number of anilines is 1. The molecule has 4 nitrogen and oxygen atoms in total. The van der Waals surface area contributed by atoms with E-state index in [1.54, 1.807) is 11.3 Å². The van der Waals surface area contributed by atoms with Crippen molar-refractivity contribution in [2.45, 2.75) is 6.54 Å². The maximum Gasteiger partial charge on any atom is 0.159 e. The molecular weight excluding hydrogens is 268 g/mol. The van der Waals surface area contributed by atoms with Crippen molar-refractivity contribution < 1.29 is 0 Å². The van der Waals surface area contributed by atoms with E-state index in [4.69, 9.17) is 11.6 Å². The van der Waals surface area contributed by atoms with Gasteiger partial charge in [-0.05, 0) is 0 Å². The summed E-state index contributed by atoms with van der Waals surface area (Å²) in [5.74, 6) is 0.725. The summed E-state index contributed by atoms with van der Waals surface area (Å²) in [5.41, 5.74) is 2.80. The van der Waals surface area contributed by atoms with Crippen molar-refractivity contribution in [1.29, 1.82) is 0 Å². The number of hydrogen-bond acceptors (Lipinski definition) is 5. The summed E-state index contributed by atoms with van der Waals surface area (Å²) in [7, 11) is 0. The van der Waals surface area contributed by atoms with E-state index in [9.17, 15) is 0 Å². The smallest absolute Gasteiger partial charge is 0.159 e. The standard InChI is InChI=1S/C12H9ClN4S/c13-11-9-3-1-2-4-10(9)12(17-16-11)14-5-8-6-18-7-15-8/h1-4,6-7H,5H2,(H,14,17). The topological polar surface area (TPSA) is 50.7 Å². The molecule has 90 valence electrons. The minimum absolute atomic E-state index is 0.421. The van der Waals surface area contributed by atoms with Crippen LogP contribution in [-0.2, 0) is 6.54 Å². The van der Waals surface area contributed by atoms with Gasteiger partial charge < -0.3 is 5.32 Å². The first-order chi connectivity index (χ1) is 8.84. The van der Waals surface area contributed by atoms with Crippen molar-refractivity contribution in [1.82, 2.24) is 15.2 Å². The van der Waals surface area contributed by atoms with Crippen LogP contribution in [0, 0.1) is 0 Å². The lowest BCUT2D eigenvalue weighted by atomic mass is 10.2. The predicted octanol–water partition coefficient (Wildman–Crippen LogP) is 3.35. The summed E-state index contributed by atoms with van der Waals surface area (Å²) in [5, 5.41) is 15.5. The number of benzene rings is 1. The summed E-state index contributed by atoms with van der Waals surface area (Å²) in [6.07, 6.45) is 0. The van der Waals surface area contributed by atoms with E-state index in [1.165, 1.54) is 0 Å². The maximum atomic E-state index is 6.02. The van der Waals surface area contributed by atoms with Gasteiger partial charge in [0.1, 0.15) is 0 Å². The highest BCUT2D eigenvalue weighted by Gasteiger charge is 2.07. The third kappa shape index (κ3) is 2.14. The molecule has 0 spiro atoms. The van der Waals surface area contributed by atoms with E-state index in [-0.39, 0.29) is 0 Å². The Morgan fingerprint density at radius 3 is 2.78 bits per heavy atom. The zero-order chi connectivity index (χ0) is 12.4. The molecule has 0 saturated heterocycles. The van der Waals surface area contributed by atoms with E-state index < -0.39 is 0 Å². The molecule has 0 radical (unpaired) electrons. The number of halogens is 1. The lowest BCUT2D eigenvalue weighted by Crippen LogP contribution is -2.03. The molecule has 18 heavy (non-hydrogen) atoms. The Morgan fingerprint density at radius 2 is 2.00 bits per heavy atom. The quantitative estimate of drug-likeness (QED) is 0.797. The van der Waals surface area contributed by atoms with Crippen LogP contribution in [0.1, 0.15) is 5.69 Å². The van der Waals surface area contributed by atoms with Crippen LogP contribution in [-0.4, -0.2) is 15.2 Å². The molecule has 0 aliphatic carbocycles. The largest absolute Gasteiger partial charge is 0.362 e. The van der Waals surface area contributed by atoms with Gasteiger partial charge in [-0.25, -0.2) is 4.98 Å². The first-order valence-corrected chi connectivity index (χ1v) is 6.68. The van der Waals surface area contributed by atoms with Crippen LogP contribution < -0.4 is 5.32 Å². The van der Waals surface area contributed by atoms with Crippen LogP contribution in [0.25, 0.3) is 10.8 Å². The van der Waals surface area contributed by atoms with Crippen LogP contribution in [0.4, 0.5) is 5.82 Å². The molecule has 0 unspecified atom stereocenters. The van der Waals surface area contributed by atoms with Gasteiger partial charge in [0.2, 0.25) is 0 Å². The summed E-state index contributed by atoms with van der Waals surface area (Å²) in [4.78, 5) is 4.21. The molecule has 6 heteroatoms. The van der Waals surface area contributed by atoms with Gasteiger partial charge in [-0.1, -0.05) is 35.9 Å². The fraction of sp³-hybridized carbons (Fsp3) is 0.0833. The van der Waals surface area contributed by atoms with Crippen molar-refractivity contribution in [3.63, 3.8) is 0 Å². The number of aromatic nitrogens is 3. The molecule has 3 rings (SSSR count). The van der Waals surface area contributed by atoms with Crippen LogP contribution in [0.5, 0.6) is 0 Å².